The SMILES string of the molecule is CCCN1CCC(Nc2c(Cl)cccc2C(F)(F)F)CC1. The minimum absolute atomic E-state index is 0.0145. The Morgan fingerprint density at radius 2 is 1.95 bits per heavy atom. The van der Waals surface area contributed by atoms with E-state index in [0.717, 1.165) is 45.0 Å². The number of anilines is 1. The highest BCUT2D eigenvalue weighted by Crippen LogP contribution is 2.39. The van der Waals surface area contributed by atoms with Crippen molar-refractivity contribution >= 4 is 17.3 Å². The van der Waals surface area contributed by atoms with Crippen LogP contribution >= 0.6 is 11.6 Å². The van der Waals surface area contributed by atoms with Crippen LogP contribution in [0.15, 0.2) is 18.2 Å². The van der Waals surface area contributed by atoms with Gasteiger partial charge in [0.05, 0.1) is 16.3 Å². The van der Waals surface area contributed by atoms with E-state index in [1.54, 1.807) is 0 Å². The predicted octanol–water partition coefficient (Wildman–Crippen LogP) is 4.65. The second-order valence-electron chi connectivity index (χ2n) is 5.42. The summed E-state index contributed by atoms with van der Waals surface area (Å²) in [7, 11) is 0. The molecule has 1 saturated heterocycles. The average Bonchev–Trinajstić information content (AvgIpc) is 2.42. The van der Waals surface area contributed by atoms with E-state index in [1.165, 1.54) is 12.1 Å². The van der Waals surface area contributed by atoms with E-state index in [4.69, 9.17) is 11.6 Å². The largest absolute Gasteiger partial charge is 0.418 e. The maximum atomic E-state index is 13.0. The van der Waals surface area contributed by atoms with Gasteiger partial charge in [0.1, 0.15) is 0 Å². The van der Waals surface area contributed by atoms with Gasteiger partial charge in [-0.3, -0.25) is 0 Å². The third-order valence-electron chi connectivity index (χ3n) is 3.79. The molecule has 2 nitrogen and oxygen atoms in total. The molecule has 1 fully saturated rings. The van der Waals surface area contributed by atoms with Crippen molar-refractivity contribution in [3.63, 3.8) is 0 Å². The highest BCUT2D eigenvalue weighted by molar-refractivity contribution is 6.33. The second kappa shape index (κ2) is 6.88. The van der Waals surface area contributed by atoms with Crippen molar-refractivity contribution in [3.05, 3.63) is 28.8 Å². The highest BCUT2D eigenvalue weighted by atomic mass is 35.5. The fourth-order valence-corrected chi connectivity index (χ4v) is 2.96. The molecule has 118 valence electrons. The third kappa shape index (κ3) is 4.27. The summed E-state index contributed by atoms with van der Waals surface area (Å²) in [6, 6.07) is 3.94. The first kappa shape index (κ1) is 16.4. The molecular formula is C15H20ClF3N2. The van der Waals surface area contributed by atoms with Gasteiger partial charge in [0.2, 0.25) is 0 Å². The summed E-state index contributed by atoms with van der Waals surface area (Å²) < 4.78 is 39.1. The van der Waals surface area contributed by atoms with Crippen LogP contribution in [0.5, 0.6) is 0 Å². The summed E-state index contributed by atoms with van der Waals surface area (Å²) in [5.41, 5.74) is -0.674. The zero-order chi connectivity index (χ0) is 15.5. The summed E-state index contributed by atoms with van der Waals surface area (Å²) in [6.07, 6.45) is -1.62. The fourth-order valence-electron chi connectivity index (χ4n) is 2.73. The lowest BCUT2D eigenvalue weighted by Crippen LogP contribution is -2.39. The Hall–Kier alpha value is -0.940. The molecule has 1 aliphatic heterocycles. The van der Waals surface area contributed by atoms with Gasteiger partial charge in [-0.2, -0.15) is 13.2 Å². The second-order valence-corrected chi connectivity index (χ2v) is 5.83. The van der Waals surface area contributed by atoms with Gasteiger partial charge in [-0.1, -0.05) is 24.6 Å². The van der Waals surface area contributed by atoms with E-state index in [2.05, 4.69) is 17.1 Å². The highest BCUT2D eigenvalue weighted by Gasteiger charge is 2.35. The van der Waals surface area contributed by atoms with Gasteiger partial charge in [-0.25, -0.2) is 0 Å². The van der Waals surface area contributed by atoms with Gasteiger partial charge in [-0.05, 0) is 37.9 Å². The molecule has 1 aromatic rings. The topological polar surface area (TPSA) is 15.3 Å². The van der Waals surface area contributed by atoms with Crippen molar-refractivity contribution in [2.45, 2.75) is 38.4 Å². The number of alkyl halides is 3. The third-order valence-corrected chi connectivity index (χ3v) is 4.11. The molecule has 0 bridgehead atoms. The van der Waals surface area contributed by atoms with Gasteiger partial charge in [-0.15, -0.1) is 0 Å². The van der Waals surface area contributed by atoms with Crippen molar-refractivity contribution in [2.24, 2.45) is 0 Å². The molecule has 1 aliphatic rings. The first-order chi connectivity index (χ1) is 9.91. The number of rotatable bonds is 4. The van der Waals surface area contributed by atoms with Crippen LogP contribution in [0.2, 0.25) is 5.02 Å². The Morgan fingerprint density at radius 1 is 1.29 bits per heavy atom. The number of hydrogen-bond donors (Lipinski definition) is 1. The zero-order valence-electron chi connectivity index (χ0n) is 12.0. The molecule has 6 heteroatoms. The standard InChI is InChI=1S/C15H20ClF3N2/c1-2-8-21-9-6-11(7-10-21)20-14-12(15(17,18)19)4-3-5-13(14)16/h3-5,11,20H,2,6-10H2,1H3. The van der Waals surface area contributed by atoms with E-state index in [9.17, 15) is 13.2 Å². The molecule has 0 saturated carbocycles. The monoisotopic (exact) mass is 320 g/mol. The van der Waals surface area contributed by atoms with Gasteiger partial charge >= 0.3 is 6.18 Å². The van der Waals surface area contributed by atoms with Crippen molar-refractivity contribution in [1.82, 2.24) is 4.90 Å². The molecule has 2 rings (SSSR count). The van der Waals surface area contributed by atoms with Crippen molar-refractivity contribution in [1.29, 1.82) is 0 Å². The minimum atomic E-state index is -4.39. The normalized spacial score (nSPS) is 18.0. The Morgan fingerprint density at radius 3 is 2.52 bits per heavy atom. The Balaban J connectivity index is 2.07. The van der Waals surface area contributed by atoms with Crippen LogP contribution in [-0.2, 0) is 6.18 Å². The molecule has 0 aromatic heterocycles. The van der Waals surface area contributed by atoms with Gasteiger partial charge < -0.3 is 10.2 Å². The maximum absolute atomic E-state index is 13.0. The molecule has 1 N–H and O–H groups in total. The van der Waals surface area contributed by atoms with E-state index >= 15 is 0 Å². The number of nitrogens with zero attached hydrogens (tertiary/aromatic N) is 1. The minimum Gasteiger partial charge on any atom is -0.381 e. The van der Waals surface area contributed by atoms with Gasteiger partial charge in [0.15, 0.2) is 0 Å². The molecule has 0 spiro atoms. The van der Waals surface area contributed by atoms with Gasteiger partial charge in [0, 0.05) is 19.1 Å². The Kier molecular flexibility index (Phi) is 5.38. The number of halogens is 4. The van der Waals surface area contributed by atoms with Crippen LogP contribution in [0.4, 0.5) is 18.9 Å². The number of likely N-dealkylation sites (tertiary alicyclic amines) is 1. The first-order valence-electron chi connectivity index (χ1n) is 7.26. The van der Waals surface area contributed by atoms with Crippen LogP contribution in [0.25, 0.3) is 0 Å². The molecular weight excluding hydrogens is 301 g/mol. The first-order valence-corrected chi connectivity index (χ1v) is 7.64. The van der Waals surface area contributed by atoms with Crippen LogP contribution in [-0.4, -0.2) is 30.6 Å². The van der Waals surface area contributed by atoms with Crippen LogP contribution in [0.3, 0.4) is 0 Å². The maximum Gasteiger partial charge on any atom is 0.418 e. The lowest BCUT2D eigenvalue weighted by atomic mass is 10.0. The van der Waals surface area contributed by atoms with Crippen molar-refractivity contribution in [2.75, 3.05) is 25.0 Å². The number of para-hydroxylation sites is 1. The summed E-state index contributed by atoms with van der Waals surface area (Å²) >= 11 is 5.96. The lowest BCUT2D eigenvalue weighted by molar-refractivity contribution is -0.137. The van der Waals surface area contributed by atoms with E-state index < -0.39 is 11.7 Å². The number of hydrogen-bond acceptors (Lipinski definition) is 2. The van der Waals surface area contributed by atoms with E-state index in [-0.39, 0.29) is 16.8 Å². The van der Waals surface area contributed by atoms with Crippen LogP contribution < -0.4 is 5.32 Å². The molecule has 0 aliphatic carbocycles. The van der Waals surface area contributed by atoms with Crippen LogP contribution in [0, 0.1) is 0 Å². The molecule has 21 heavy (non-hydrogen) atoms. The molecule has 0 unspecified atom stereocenters. The smallest absolute Gasteiger partial charge is 0.381 e. The quantitative estimate of drug-likeness (QED) is 0.869. The average molecular weight is 321 g/mol. The number of benzene rings is 1. The predicted molar refractivity (Wildman–Crippen MR) is 79.8 cm³/mol. The molecule has 1 heterocycles. The van der Waals surface area contributed by atoms with Crippen molar-refractivity contribution < 1.29 is 13.2 Å². The zero-order valence-corrected chi connectivity index (χ0v) is 12.8. The Bertz CT molecular complexity index is 468. The summed E-state index contributed by atoms with van der Waals surface area (Å²) in [5.74, 6) is 0. The van der Waals surface area contributed by atoms with E-state index in [1.807, 2.05) is 0 Å². The lowest BCUT2D eigenvalue weighted by Gasteiger charge is -2.33. The van der Waals surface area contributed by atoms with E-state index in [0.29, 0.717) is 0 Å². The summed E-state index contributed by atoms with van der Waals surface area (Å²) in [6.45, 7) is 5.00. The molecule has 0 amide bonds. The Labute approximate surface area is 128 Å². The fraction of sp³-hybridized carbons (Fsp3) is 0.600. The molecule has 1 aromatic carbocycles. The summed E-state index contributed by atoms with van der Waals surface area (Å²) in [5, 5.41) is 3.13. The van der Waals surface area contributed by atoms with Crippen LogP contribution in [0.1, 0.15) is 31.7 Å². The van der Waals surface area contributed by atoms with Gasteiger partial charge in [0.25, 0.3) is 0 Å². The number of piperidine rings is 1. The number of nitrogens with one attached hydrogen (secondary N) is 1. The molecule has 0 atom stereocenters. The summed E-state index contributed by atoms with van der Waals surface area (Å²) in [4.78, 5) is 2.34. The molecule has 0 radical (unpaired) electrons. The van der Waals surface area contributed by atoms with Crippen molar-refractivity contribution in [3.8, 4) is 0 Å².